The molecule has 2 aromatic carbocycles. The van der Waals surface area contributed by atoms with Crippen LogP contribution in [0.2, 0.25) is 5.02 Å². The maximum absolute atomic E-state index is 12.1. The van der Waals surface area contributed by atoms with Gasteiger partial charge in [0.25, 0.3) is 5.91 Å². The Balaban J connectivity index is 1.48. The standard InChI is InChI=1S/C20H18ClNO2S/c21-18-9-5-4-8-16(18)13-25-14-17-10-11-19(24-17)20(23)22-12-15-6-2-1-3-7-15/h1-11H,12-14H2,(H,22,23). The number of benzene rings is 2. The van der Waals surface area contributed by atoms with Gasteiger partial charge in [0.2, 0.25) is 0 Å². The minimum Gasteiger partial charge on any atom is -0.455 e. The molecular weight excluding hydrogens is 354 g/mol. The van der Waals surface area contributed by atoms with Crippen LogP contribution in [-0.2, 0) is 18.1 Å². The average molecular weight is 372 g/mol. The Bertz CT molecular complexity index is 832. The molecule has 0 aliphatic rings. The molecule has 0 saturated carbocycles. The fourth-order valence-corrected chi connectivity index (χ4v) is 3.53. The molecule has 1 heterocycles. The van der Waals surface area contributed by atoms with E-state index < -0.39 is 0 Å². The van der Waals surface area contributed by atoms with Crippen LogP contribution >= 0.6 is 23.4 Å². The Morgan fingerprint density at radius 3 is 2.52 bits per heavy atom. The second kappa shape index (κ2) is 8.79. The number of carbonyl (C=O) groups is 1. The molecule has 5 heteroatoms. The predicted octanol–water partition coefficient (Wildman–Crippen LogP) is 5.30. The summed E-state index contributed by atoms with van der Waals surface area (Å²) in [5.41, 5.74) is 2.15. The van der Waals surface area contributed by atoms with Gasteiger partial charge in [-0.1, -0.05) is 60.1 Å². The summed E-state index contributed by atoms with van der Waals surface area (Å²) in [7, 11) is 0. The topological polar surface area (TPSA) is 42.2 Å². The second-order valence-corrected chi connectivity index (χ2v) is 6.91. The van der Waals surface area contributed by atoms with Gasteiger partial charge in [-0.3, -0.25) is 4.79 Å². The molecule has 1 N–H and O–H groups in total. The normalized spacial score (nSPS) is 10.6. The summed E-state index contributed by atoms with van der Waals surface area (Å²) in [6.45, 7) is 0.483. The molecule has 3 rings (SSSR count). The highest BCUT2D eigenvalue weighted by molar-refractivity contribution is 7.97. The van der Waals surface area contributed by atoms with Gasteiger partial charge in [-0.25, -0.2) is 0 Å². The van der Waals surface area contributed by atoms with Crippen molar-refractivity contribution in [1.29, 1.82) is 0 Å². The van der Waals surface area contributed by atoms with Crippen LogP contribution < -0.4 is 5.32 Å². The smallest absolute Gasteiger partial charge is 0.287 e. The van der Waals surface area contributed by atoms with Crippen LogP contribution in [0.1, 0.15) is 27.4 Å². The van der Waals surface area contributed by atoms with Crippen molar-refractivity contribution in [3.8, 4) is 0 Å². The Labute approximate surface area is 156 Å². The number of furan rings is 1. The van der Waals surface area contributed by atoms with E-state index in [0.717, 1.165) is 27.7 Å². The van der Waals surface area contributed by atoms with E-state index in [1.54, 1.807) is 17.8 Å². The third-order valence-corrected chi connectivity index (χ3v) is 5.01. The Morgan fingerprint density at radius 2 is 1.72 bits per heavy atom. The molecule has 0 fully saturated rings. The van der Waals surface area contributed by atoms with E-state index in [1.807, 2.05) is 60.7 Å². The second-order valence-electron chi connectivity index (χ2n) is 5.52. The number of amides is 1. The Morgan fingerprint density at radius 1 is 0.960 bits per heavy atom. The molecule has 1 aromatic heterocycles. The van der Waals surface area contributed by atoms with E-state index in [4.69, 9.17) is 16.0 Å². The zero-order valence-corrected chi connectivity index (χ0v) is 15.1. The van der Waals surface area contributed by atoms with E-state index in [0.29, 0.717) is 18.1 Å². The number of hydrogen-bond acceptors (Lipinski definition) is 3. The maximum Gasteiger partial charge on any atom is 0.287 e. The zero-order valence-electron chi connectivity index (χ0n) is 13.6. The van der Waals surface area contributed by atoms with Crippen LogP contribution in [0, 0.1) is 0 Å². The maximum atomic E-state index is 12.1. The number of carbonyl (C=O) groups excluding carboxylic acids is 1. The summed E-state index contributed by atoms with van der Waals surface area (Å²) in [5.74, 6) is 2.41. The van der Waals surface area contributed by atoms with E-state index >= 15 is 0 Å². The third kappa shape index (κ3) is 5.15. The number of halogens is 1. The molecule has 3 nitrogen and oxygen atoms in total. The summed E-state index contributed by atoms with van der Waals surface area (Å²) >= 11 is 7.85. The number of thioether (sulfide) groups is 1. The molecule has 25 heavy (non-hydrogen) atoms. The van der Waals surface area contributed by atoms with E-state index in [9.17, 15) is 4.79 Å². The number of nitrogens with one attached hydrogen (secondary N) is 1. The quantitative estimate of drug-likeness (QED) is 0.613. The van der Waals surface area contributed by atoms with Crippen LogP contribution in [-0.4, -0.2) is 5.91 Å². The fraction of sp³-hybridized carbons (Fsp3) is 0.150. The Kier molecular flexibility index (Phi) is 6.20. The van der Waals surface area contributed by atoms with Gasteiger partial charge in [0, 0.05) is 17.3 Å². The third-order valence-electron chi connectivity index (χ3n) is 3.64. The predicted molar refractivity (Wildman–Crippen MR) is 103 cm³/mol. The van der Waals surface area contributed by atoms with Crippen LogP contribution in [0.25, 0.3) is 0 Å². The average Bonchev–Trinajstić information content (AvgIpc) is 3.11. The van der Waals surface area contributed by atoms with Gasteiger partial charge in [-0.15, -0.1) is 11.8 Å². The van der Waals surface area contributed by atoms with Gasteiger partial charge in [0.05, 0.1) is 5.75 Å². The molecule has 1 amide bonds. The minimum absolute atomic E-state index is 0.203. The van der Waals surface area contributed by atoms with Crippen LogP contribution in [0.5, 0.6) is 0 Å². The fourth-order valence-electron chi connectivity index (χ4n) is 2.32. The van der Waals surface area contributed by atoms with Crippen LogP contribution in [0.4, 0.5) is 0 Å². The summed E-state index contributed by atoms with van der Waals surface area (Å²) in [6.07, 6.45) is 0. The summed E-state index contributed by atoms with van der Waals surface area (Å²) in [4.78, 5) is 12.1. The zero-order chi connectivity index (χ0) is 17.5. The first-order valence-corrected chi connectivity index (χ1v) is 9.47. The minimum atomic E-state index is -0.203. The van der Waals surface area contributed by atoms with E-state index in [2.05, 4.69) is 5.32 Å². The summed E-state index contributed by atoms with van der Waals surface area (Å²) < 4.78 is 5.64. The van der Waals surface area contributed by atoms with Gasteiger partial charge >= 0.3 is 0 Å². The Hall–Kier alpha value is -2.17. The van der Waals surface area contributed by atoms with Crippen LogP contribution in [0.3, 0.4) is 0 Å². The lowest BCUT2D eigenvalue weighted by molar-refractivity contribution is 0.0922. The highest BCUT2D eigenvalue weighted by Crippen LogP contribution is 2.24. The first kappa shape index (κ1) is 17.6. The molecule has 0 aliphatic carbocycles. The first-order valence-electron chi connectivity index (χ1n) is 7.94. The van der Waals surface area contributed by atoms with Crippen molar-refractivity contribution < 1.29 is 9.21 Å². The number of hydrogen-bond donors (Lipinski definition) is 1. The molecule has 0 unspecified atom stereocenters. The van der Waals surface area contributed by atoms with Crippen molar-refractivity contribution >= 4 is 29.3 Å². The lowest BCUT2D eigenvalue weighted by atomic mass is 10.2. The van der Waals surface area contributed by atoms with Crippen molar-refractivity contribution in [1.82, 2.24) is 5.32 Å². The SMILES string of the molecule is O=C(NCc1ccccc1)c1ccc(CSCc2ccccc2Cl)o1. The van der Waals surface area contributed by atoms with Crippen LogP contribution in [0.15, 0.2) is 71.1 Å². The highest BCUT2D eigenvalue weighted by atomic mass is 35.5. The van der Waals surface area contributed by atoms with Crippen molar-refractivity contribution in [2.24, 2.45) is 0 Å². The molecular formula is C20H18ClNO2S. The summed E-state index contributed by atoms with van der Waals surface area (Å²) in [6, 6.07) is 21.1. The molecule has 0 radical (unpaired) electrons. The molecule has 128 valence electrons. The van der Waals surface area contributed by atoms with Gasteiger partial charge in [-0.2, -0.15) is 0 Å². The molecule has 0 saturated heterocycles. The molecule has 0 atom stereocenters. The lowest BCUT2D eigenvalue weighted by Gasteiger charge is -2.04. The highest BCUT2D eigenvalue weighted by Gasteiger charge is 2.11. The van der Waals surface area contributed by atoms with E-state index in [1.165, 1.54) is 0 Å². The monoisotopic (exact) mass is 371 g/mol. The first-order chi connectivity index (χ1) is 12.2. The molecule has 0 bridgehead atoms. The van der Waals surface area contributed by atoms with Gasteiger partial charge in [0.15, 0.2) is 5.76 Å². The molecule has 3 aromatic rings. The van der Waals surface area contributed by atoms with Crippen molar-refractivity contribution in [3.63, 3.8) is 0 Å². The van der Waals surface area contributed by atoms with Crippen molar-refractivity contribution in [2.45, 2.75) is 18.1 Å². The number of rotatable bonds is 7. The van der Waals surface area contributed by atoms with Crippen molar-refractivity contribution in [2.75, 3.05) is 0 Å². The lowest BCUT2D eigenvalue weighted by Crippen LogP contribution is -2.22. The van der Waals surface area contributed by atoms with Gasteiger partial charge < -0.3 is 9.73 Å². The van der Waals surface area contributed by atoms with Gasteiger partial charge in [-0.05, 0) is 29.3 Å². The van der Waals surface area contributed by atoms with Gasteiger partial charge in [0.1, 0.15) is 5.76 Å². The largest absolute Gasteiger partial charge is 0.455 e. The molecule has 0 spiro atoms. The summed E-state index contributed by atoms with van der Waals surface area (Å²) in [5, 5.41) is 3.63. The van der Waals surface area contributed by atoms with E-state index in [-0.39, 0.29) is 5.91 Å². The van der Waals surface area contributed by atoms with Crippen molar-refractivity contribution in [3.05, 3.63) is 94.4 Å². The molecule has 0 aliphatic heterocycles.